The lowest BCUT2D eigenvalue weighted by Gasteiger charge is -2.10. The predicted molar refractivity (Wildman–Crippen MR) is 76.2 cm³/mol. The minimum absolute atomic E-state index is 0.0198. The summed E-state index contributed by atoms with van der Waals surface area (Å²) in [7, 11) is 0. The molecule has 1 aromatic carbocycles. The van der Waals surface area contributed by atoms with Gasteiger partial charge >= 0.3 is 0 Å². The summed E-state index contributed by atoms with van der Waals surface area (Å²) in [6.07, 6.45) is 2.14. The molecular formula is C14H13FN6. The Bertz CT molecular complexity index is 720. The number of rotatable bonds is 4. The van der Waals surface area contributed by atoms with Gasteiger partial charge in [-0.1, -0.05) is 0 Å². The first-order valence-corrected chi connectivity index (χ1v) is 6.52. The van der Waals surface area contributed by atoms with Crippen molar-refractivity contribution in [1.82, 2.24) is 9.97 Å². The highest BCUT2D eigenvalue weighted by Gasteiger charge is 2.27. The third-order valence-corrected chi connectivity index (χ3v) is 3.19. The molecule has 6 nitrogen and oxygen atoms in total. The number of aromatic nitrogens is 2. The van der Waals surface area contributed by atoms with Gasteiger partial charge in [-0.05, 0) is 31.0 Å². The number of nitriles is 1. The third kappa shape index (κ3) is 2.90. The number of benzene rings is 1. The fourth-order valence-corrected chi connectivity index (χ4v) is 1.96. The van der Waals surface area contributed by atoms with Gasteiger partial charge in [0.1, 0.15) is 29.3 Å². The van der Waals surface area contributed by atoms with Crippen molar-refractivity contribution in [2.45, 2.75) is 18.8 Å². The van der Waals surface area contributed by atoms with Crippen molar-refractivity contribution >= 4 is 17.3 Å². The first-order valence-electron chi connectivity index (χ1n) is 6.52. The predicted octanol–water partition coefficient (Wildman–Crippen LogP) is 2.39. The zero-order valence-electron chi connectivity index (χ0n) is 11.1. The zero-order chi connectivity index (χ0) is 14.8. The van der Waals surface area contributed by atoms with Gasteiger partial charge in [0.15, 0.2) is 0 Å². The molecule has 1 aliphatic rings. The van der Waals surface area contributed by atoms with E-state index in [0.717, 1.165) is 18.7 Å². The molecule has 1 heterocycles. The van der Waals surface area contributed by atoms with Gasteiger partial charge in [0.25, 0.3) is 0 Å². The molecule has 0 amide bonds. The average molecular weight is 284 g/mol. The van der Waals surface area contributed by atoms with E-state index in [1.807, 2.05) is 0 Å². The minimum atomic E-state index is -0.547. The van der Waals surface area contributed by atoms with Gasteiger partial charge in [-0.3, -0.25) is 0 Å². The highest BCUT2D eigenvalue weighted by atomic mass is 19.1. The van der Waals surface area contributed by atoms with Crippen molar-refractivity contribution < 1.29 is 4.39 Å². The summed E-state index contributed by atoms with van der Waals surface area (Å²) in [6.45, 7) is 0. The van der Waals surface area contributed by atoms with E-state index in [0.29, 0.717) is 23.2 Å². The van der Waals surface area contributed by atoms with E-state index in [1.165, 1.54) is 12.1 Å². The summed E-state index contributed by atoms with van der Waals surface area (Å²) < 4.78 is 13.3. The molecule has 3 rings (SSSR count). The first kappa shape index (κ1) is 13.3. The Kier molecular flexibility index (Phi) is 3.38. The van der Waals surface area contributed by atoms with Crippen LogP contribution in [0.4, 0.5) is 21.7 Å². The number of anilines is 3. The van der Waals surface area contributed by atoms with Crippen LogP contribution >= 0.6 is 0 Å². The van der Waals surface area contributed by atoms with E-state index in [2.05, 4.69) is 20.7 Å². The highest BCUT2D eigenvalue weighted by molar-refractivity contribution is 5.61. The molecule has 1 saturated carbocycles. The highest BCUT2D eigenvalue weighted by Crippen LogP contribution is 2.39. The van der Waals surface area contributed by atoms with Gasteiger partial charge in [0.05, 0.1) is 5.56 Å². The molecule has 0 unspecified atom stereocenters. The number of hydrogen-bond donors (Lipinski definition) is 3. The van der Waals surface area contributed by atoms with Crippen molar-refractivity contribution in [1.29, 1.82) is 5.26 Å². The molecule has 0 spiro atoms. The van der Waals surface area contributed by atoms with Crippen molar-refractivity contribution in [3.05, 3.63) is 41.5 Å². The van der Waals surface area contributed by atoms with E-state index in [9.17, 15) is 4.39 Å². The van der Waals surface area contributed by atoms with Gasteiger partial charge in [-0.15, -0.1) is 0 Å². The molecular weight excluding hydrogens is 271 g/mol. The lowest BCUT2D eigenvalue weighted by molar-refractivity contribution is 0.624. The fourth-order valence-electron chi connectivity index (χ4n) is 1.96. The summed E-state index contributed by atoms with van der Waals surface area (Å²) in [6, 6.07) is 7.68. The maximum absolute atomic E-state index is 13.3. The quantitative estimate of drug-likeness (QED) is 0.589. The van der Waals surface area contributed by atoms with Crippen LogP contribution in [-0.2, 0) is 0 Å². The Morgan fingerprint density at radius 1 is 1.24 bits per heavy atom. The Labute approximate surface area is 120 Å². The van der Waals surface area contributed by atoms with Crippen LogP contribution in [0.15, 0.2) is 24.3 Å². The lowest BCUT2D eigenvalue weighted by atomic mass is 10.2. The topological polar surface area (TPSA) is 99.7 Å². The average Bonchev–Trinajstić information content (AvgIpc) is 3.33. The number of hydrazine groups is 1. The van der Waals surface area contributed by atoms with Crippen LogP contribution in [0, 0.1) is 17.1 Å². The molecule has 7 heteroatoms. The molecule has 0 saturated heterocycles. The molecule has 1 fully saturated rings. The van der Waals surface area contributed by atoms with Crippen LogP contribution in [0.3, 0.4) is 0 Å². The van der Waals surface area contributed by atoms with Crippen molar-refractivity contribution in [2.75, 3.05) is 10.7 Å². The van der Waals surface area contributed by atoms with Crippen LogP contribution in [0.1, 0.15) is 30.1 Å². The summed E-state index contributed by atoms with van der Waals surface area (Å²) in [4.78, 5) is 8.73. The van der Waals surface area contributed by atoms with E-state index in [4.69, 9.17) is 11.1 Å². The molecule has 0 aliphatic heterocycles. The fraction of sp³-hybridized carbons (Fsp3) is 0.214. The SMILES string of the molecule is N#Cc1cc(Nc2cc(NN)nc(C3CC3)n2)ccc1F. The second-order valence-electron chi connectivity index (χ2n) is 4.85. The minimum Gasteiger partial charge on any atom is -0.340 e. The number of nitrogens with one attached hydrogen (secondary N) is 2. The second kappa shape index (κ2) is 5.34. The normalized spacial score (nSPS) is 13.6. The Morgan fingerprint density at radius 2 is 2.00 bits per heavy atom. The molecule has 0 radical (unpaired) electrons. The molecule has 2 aromatic rings. The van der Waals surface area contributed by atoms with Crippen LogP contribution in [-0.4, -0.2) is 9.97 Å². The molecule has 21 heavy (non-hydrogen) atoms. The number of nitrogens with zero attached hydrogens (tertiary/aromatic N) is 3. The summed E-state index contributed by atoms with van der Waals surface area (Å²) in [5.41, 5.74) is 3.06. The van der Waals surface area contributed by atoms with E-state index >= 15 is 0 Å². The van der Waals surface area contributed by atoms with E-state index in [-0.39, 0.29) is 5.56 Å². The summed E-state index contributed by atoms with van der Waals surface area (Å²) in [5, 5.41) is 11.9. The van der Waals surface area contributed by atoms with Crippen LogP contribution in [0.25, 0.3) is 0 Å². The molecule has 0 bridgehead atoms. The number of nitrogen functional groups attached to an aromatic ring is 1. The Balaban J connectivity index is 1.90. The van der Waals surface area contributed by atoms with Crippen molar-refractivity contribution in [2.24, 2.45) is 5.84 Å². The van der Waals surface area contributed by atoms with Crippen LogP contribution in [0.2, 0.25) is 0 Å². The maximum atomic E-state index is 13.3. The maximum Gasteiger partial charge on any atom is 0.145 e. The first-order chi connectivity index (χ1) is 10.2. The molecule has 0 atom stereocenters. The number of hydrogen-bond acceptors (Lipinski definition) is 6. The Morgan fingerprint density at radius 3 is 2.67 bits per heavy atom. The van der Waals surface area contributed by atoms with Crippen molar-refractivity contribution in [3.8, 4) is 6.07 Å². The number of nitrogens with two attached hydrogens (primary N) is 1. The molecule has 106 valence electrons. The van der Waals surface area contributed by atoms with Gasteiger partial charge in [-0.25, -0.2) is 20.2 Å². The summed E-state index contributed by atoms with van der Waals surface area (Å²) in [5.74, 6) is 7.03. The van der Waals surface area contributed by atoms with E-state index < -0.39 is 5.82 Å². The van der Waals surface area contributed by atoms with Crippen LogP contribution < -0.4 is 16.6 Å². The second-order valence-corrected chi connectivity index (χ2v) is 4.85. The molecule has 4 N–H and O–H groups in total. The monoisotopic (exact) mass is 284 g/mol. The largest absolute Gasteiger partial charge is 0.340 e. The third-order valence-electron chi connectivity index (χ3n) is 3.19. The van der Waals surface area contributed by atoms with Gasteiger partial charge in [-0.2, -0.15) is 5.26 Å². The van der Waals surface area contributed by atoms with E-state index in [1.54, 1.807) is 18.2 Å². The van der Waals surface area contributed by atoms with Gasteiger partial charge < -0.3 is 10.7 Å². The number of halogens is 1. The van der Waals surface area contributed by atoms with Crippen LogP contribution in [0.5, 0.6) is 0 Å². The van der Waals surface area contributed by atoms with Gasteiger partial charge in [0.2, 0.25) is 0 Å². The smallest absolute Gasteiger partial charge is 0.145 e. The van der Waals surface area contributed by atoms with Crippen molar-refractivity contribution in [3.63, 3.8) is 0 Å². The van der Waals surface area contributed by atoms with Gasteiger partial charge in [0, 0.05) is 17.7 Å². The lowest BCUT2D eigenvalue weighted by Crippen LogP contribution is -2.11. The molecule has 1 aromatic heterocycles. The molecule has 1 aliphatic carbocycles. The Hall–Kier alpha value is -2.72. The zero-order valence-corrected chi connectivity index (χ0v) is 11.1. The standard InChI is InChI=1S/C14H13FN6/c15-11-4-3-10(5-9(11)7-16)18-12-6-13(21-17)20-14(19-12)8-1-2-8/h3-6,8H,1-2,17H2,(H2,18,19,20,21). The summed E-state index contributed by atoms with van der Waals surface area (Å²) >= 11 is 0.